The van der Waals surface area contributed by atoms with E-state index in [1.165, 1.54) is 0 Å². The van der Waals surface area contributed by atoms with E-state index in [0.717, 1.165) is 17.0 Å². The van der Waals surface area contributed by atoms with Crippen molar-refractivity contribution in [2.45, 2.75) is 13.0 Å². The smallest absolute Gasteiger partial charge is 0.162 e. The van der Waals surface area contributed by atoms with E-state index < -0.39 is 0 Å². The van der Waals surface area contributed by atoms with Crippen molar-refractivity contribution in [2.24, 2.45) is 12.9 Å². The van der Waals surface area contributed by atoms with Gasteiger partial charge in [0.05, 0.1) is 19.0 Å². The summed E-state index contributed by atoms with van der Waals surface area (Å²) >= 11 is 0. The van der Waals surface area contributed by atoms with E-state index in [9.17, 15) is 0 Å². The van der Waals surface area contributed by atoms with Gasteiger partial charge in [-0.05, 0) is 24.6 Å². The number of pyridine rings is 1. The fraction of sp³-hybridized carbons (Fsp3) is 0.333. The van der Waals surface area contributed by atoms with Crippen LogP contribution in [0.4, 0.5) is 0 Å². The van der Waals surface area contributed by atoms with Crippen molar-refractivity contribution in [2.75, 3.05) is 7.11 Å². The first-order valence-electron chi connectivity index (χ1n) is 5.62. The number of rotatable bonds is 4. The molecule has 3 N–H and O–H groups in total. The third kappa shape index (κ3) is 2.20. The van der Waals surface area contributed by atoms with E-state index in [1.807, 2.05) is 26.1 Å². The molecular formula is C12H17N5O. The number of hydrogen-bond donors (Lipinski definition) is 2. The van der Waals surface area contributed by atoms with E-state index >= 15 is 0 Å². The zero-order valence-electron chi connectivity index (χ0n) is 10.7. The summed E-state index contributed by atoms with van der Waals surface area (Å²) in [7, 11) is 3.45. The van der Waals surface area contributed by atoms with E-state index in [0.29, 0.717) is 5.75 Å². The van der Waals surface area contributed by atoms with Crippen LogP contribution in [-0.2, 0) is 7.05 Å². The zero-order valence-corrected chi connectivity index (χ0v) is 10.7. The maximum atomic E-state index is 5.65. The van der Waals surface area contributed by atoms with Gasteiger partial charge in [-0.25, -0.2) is 5.43 Å². The molecule has 1 atom stereocenters. The highest BCUT2D eigenvalue weighted by atomic mass is 16.5. The number of nitrogens with two attached hydrogens (primary N) is 1. The van der Waals surface area contributed by atoms with Gasteiger partial charge in [0.15, 0.2) is 5.75 Å². The molecule has 0 fully saturated rings. The van der Waals surface area contributed by atoms with E-state index in [-0.39, 0.29) is 6.04 Å². The van der Waals surface area contributed by atoms with Crippen molar-refractivity contribution < 1.29 is 4.74 Å². The minimum atomic E-state index is -0.257. The van der Waals surface area contributed by atoms with Gasteiger partial charge in [-0.15, -0.1) is 0 Å². The van der Waals surface area contributed by atoms with Gasteiger partial charge in [-0.3, -0.25) is 15.5 Å². The molecule has 96 valence electrons. The maximum Gasteiger partial charge on any atom is 0.162 e. The Kier molecular flexibility index (Phi) is 3.59. The van der Waals surface area contributed by atoms with Crippen LogP contribution >= 0.6 is 0 Å². The van der Waals surface area contributed by atoms with Crippen LogP contribution in [0.5, 0.6) is 5.75 Å². The van der Waals surface area contributed by atoms with Gasteiger partial charge in [0.2, 0.25) is 0 Å². The summed E-state index contributed by atoms with van der Waals surface area (Å²) in [5, 5.41) is 4.17. The summed E-state index contributed by atoms with van der Waals surface area (Å²) < 4.78 is 7.02. The number of hydrogen-bond acceptors (Lipinski definition) is 5. The first-order valence-corrected chi connectivity index (χ1v) is 5.62. The van der Waals surface area contributed by atoms with Gasteiger partial charge in [0, 0.05) is 13.2 Å². The molecule has 0 aliphatic carbocycles. The molecule has 0 aromatic carbocycles. The summed E-state index contributed by atoms with van der Waals surface area (Å²) in [6.07, 6.45) is 3.42. The Morgan fingerprint density at radius 2 is 2.28 bits per heavy atom. The lowest BCUT2D eigenvalue weighted by Crippen LogP contribution is -2.31. The molecule has 0 spiro atoms. The second kappa shape index (κ2) is 5.16. The Hall–Kier alpha value is -1.92. The summed E-state index contributed by atoms with van der Waals surface area (Å²) in [5.74, 6) is 6.34. The number of aryl methyl sites for hydroxylation is 2. The lowest BCUT2D eigenvalue weighted by Gasteiger charge is -2.17. The van der Waals surface area contributed by atoms with Crippen LogP contribution in [-0.4, -0.2) is 21.9 Å². The van der Waals surface area contributed by atoms with Crippen molar-refractivity contribution >= 4 is 0 Å². The second-order valence-electron chi connectivity index (χ2n) is 4.08. The molecule has 0 aliphatic heterocycles. The minimum Gasteiger partial charge on any atom is -0.493 e. The molecular weight excluding hydrogens is 230 g/mol. The number of nitrogens with one attached hydrogen (secondary N) is 1. The standard InChI is InChI=1S/C12H17N5O/c1-8-4-5-14-9(6-8)11(16-13)12-10(18-3)7-15-17(12)2/h4-7,11,16H,13H2,1-3H3. The van der Waals surface area contributed by atoms with Gasteiger partial charge in [0.1, 0.15) is 11.7 Å². The van der Waals surface area contributed by atoms with Crippen molar-refractivity contribution in [1.82, 2.24) is 20.2 Å². The molecule has 6 heteroatoms. The first kappa shape index (κ1) is 12.5. The van der Waals surface area contributed by atoms with Crippen LogP contribution in [0.25, 0.3) is 0 Å². The van der Waals surface area contributed by atoms with Gasteiger partial charge < -0.3 is 4.74 Å². The Morgan fingerprint density at radius 1 is 1.50 bits per heavy atom. The Balaban J connectivity index is 2.48. The molecule has 2 aromatic heterocycles. The maximum absolute atomic E-state index is 5.65. The van der Waals surface area contributed by atoms with Gasteiger partial charge in [-0.2, -0.15) is 5.10 Å². The highest BCUT2D eigenvalue weighted by molar-refractivity contribution is 5.34. The van der Waals surface area contributed by atoms with Crippen molar-refractivity contribution in [3.05, 3.63) is 41.5 Å². The third-order valence-electron chi connectivity index (χ3n) is 2.84. The minimum absolute atomic E-state index is 0.257. The first-order chi connectivity index (χ1) is 8.67. The fourth-order valence-electron chi connectivity index (χ4n) is 1.94. The van der Waals surface area contributed by atoms with Crippen LogP contribution in [0.1, 0.15) is 23.0 Å². The number of hydrazine groups is 1. The highest BCUT2D eigenvalue weighted by Gasteiger charge is 2.22. The van der Waals surface area contributed by atoms with Crippen molar-refractivity contribution in [3.8, 4) is 5.75 Å². The number of aromatic nitrogens is 3. The SMILES string of the molecule is COc1cnn(C)c1C(NN)c1cc(C)ccn1. The Bertz CT molecular complexity index is 537. The number of methoxy groups -OCH3 is 1. The third-order valence-corrected chi connectivity index (χ3v) is 2.84. The van der Waals surface area contributed by atoms with Crippen molar-refractivity contribution in [3.63, 3.8) is 0 Å². The lowest BCUT2D eigenvalue weighted by atomic mass is 10.1. The molecule has 1 unspecified atom stereocenters. The van der Waals surface area contributed by atoms with E-state index in [4.69, 9.17) is 10.6 Å². The Labute approximate surface area is 106 Å². The number of ether oxygens (including phenoxy) is 1. The summed E-state index contributed by atoms with van der Waals surface area (Å²) in [6.45, 7) is 2.01. The molecule has 18 heavy (non-hydrogen) atoms. The average molecular weight is 247 g/mol. The monoisotopic (exact) mass is 247 g/mol. The normalized spacial score (nSPS) is 12.4. The Morgan fingerprint density at radius 3 is 2.89 bits per heavy atom. The predicted octanol–water partition coefficient (Wildman–Crippen LogP) is 0.685. The van der Waals surface area contributed by atoms with E-state index in [1.54, 1.807) is 24.2 Å². The molecule has 2 rings (SSSR count). The molecule has 0 amide bonds. The summed E-state index contributed by atoms with van der Waals surface area (Å²) in [4.78, 5) is 4.34. The molecule has 0 aliphatic rings. The zero-order chi connectivity index (χ0) is 13.1. The average Bonchev–Trinajstić information content (AvgIpc) is 2.72. The van der Waals surface area contributed by atoms with Gasteiger partial charge >= 0.3 is 0 Å². The molecule has 2 aromatic rings. The molecule has 0 radical (unpaired) electrons. The van der Waals surface area contributed by atoms with Crippen LogP contribution in [0.3, 0.4) is 0 Å². The van der Waals surface area contributed by atoms with Gasteiger partial charge in [-0.1, -0.05) is 0 Å². The van der Waals surface area contributed by atoms with Crippen LogP contribution in [0.2, 0.25) is 0 Å². The van der Waals surface area contributed by atoms with Crippen LogP contribution in [0, 0.1) is 6.92 Å². The van der Waals surface area contributed by atoms with Gasteiger partial charge in [0.25, 0.3) is 0 Å². The molecule has 0 saturated carbocycles. The van der Waals surface area contributed by atoms with Crippen LogP contribution in [0.15, 0.2) is 24.5 Å². The molecule has 0 saturated heterocycles. The van der Waals surface area contributed by atoms with Crippen LogP contribution < -0.4 is 16.0 Å². The summed E-state index contributed by atoms with van der Waals surface area (Å²) in [6, 6.07) is 3.67. The summed E-state index contributed by atoms with van der Waals surface area (Å²) in [5.41, 5.74) is 5.56. The molecule has 6 nitrogen and oxygen atoms in total. The number of nitrogens with zero attached hydrogens (tertiary/aromatic N) is 3. The topological polar surface area (TPSA) is 78.0 Å². The second-order valence-corrected chi connectivity index (χ2v) is 4.08. The molecule has 2 heterocycles. The largest absolute Gasteiger partial charge is 0.493 e. The van der Waals surface area contributed by atoms with E-state index in [2.05, 4.69) is 15.5 Å². The fourth-order valence-corrected chi connectivity index (χ4v) is 1.94. The predicted molar refractivity (Wildman–Crippen MR) is 67.9 cm³/mol. The lowest BCUT2D eigenvalue weighted by molar-refractivity contribution is 0.400. The quantitative estimate of drug-likeness (QED) is 0.614. The van der Waals surface area contributed by atoms with Crippen molar-refractivity contribution in [1.29, 1.82) is 0 Å². The molecule has 0 bridgehead atoms. The highest BCUT2D eigenvalue weighted by Crippen LogP contribution is 2.27.